The summed E-state index contributed by atoms with van der Waals surface area (Å²) in [4.78, 5) is 24.3. The lowest BCUT2D eigenvalue weighted by Crippen LogP contribution is -2.30. The molecule has 0 atom stereocenters. The summed E-state index contributed by atoms with van der Waals surface area (Å²) in [6.45, 7) is 8.67. The molecule has 0 aliphatic carbocycles. The lowest BCUT2D eigenvalue weighted by atomic mass is 10.1. The first-order valence-corrected chi connectivity index (χ1v) is 10.4. The number of aromatic nitrogens is 2. The van der Waals surface area contributed by atoms with Gasteiger partial charge < -0.3 is 0 Å². The average molecular weight is 402 g/mol. The molecule has 0 bridgehead atoms. The third-order valence-corrected chi connectivity index (χ3v) is 6.33. The Bertz CT molecular complexity index is 1200. The molecule has 0 unspecified atom stereocenters. The van der Waals surface area contributed by atoms with Crippen LogP contribution in [0.1, 0.15) is 38.2 Å². The van der Waals surface area contributed by atoms with Crippen molar-refractivity contribution in [3.8, 4) is 0 Å². The maximum absolute atomic E-state index is 13.5. The summed E-state index contributed by atoms with van der Waals surface area (Å²) >= 11 is 1.56. The molecule has 0 aliphatic heterocycles. The fourth-order valence-electron chi connectivity index (χ4n) is 3.41. The molecule has 0 saturated heterocycles. The molecule has 0 N–H and O–H groups in total. The highest BCUT2D eigenvalue weighted by Crippen LogP contribution is 2.33. The van der Waals surface area contributed by atoms with Crippen LogP contribution in [0.3, 0.4) is 0 Å². The number of pyridine rings is 1. The molecule has 4 rings (SSSR count). The van der Waals surface area contributed by atoms with Crippen LogP contribution in [0.2, 0.25) is 0 Å². The van der Waals surface area contributed by atoms with Crippen molar-refractivity contribution in [2.45, 2.75) is 34.2 Å². The molecular formula is C24H23N3OS. The number of carbonyl (C=O) groups excluding carboxylic acids is 1. The van der Waals surface area contributed by atoms with Crippen LogP contribution in [0, 0.1) is 27.7 Å². The molecule has 4 nitrogen and oxygen atoms in total. The van der Waals surface area contributed by atoms with E-state index >= 15 is 0 Å². The van der Waals surface area contributed by atoms with Crippen molar-refractivity contribution in [3.05, 3.63) is 88.2 Å². The average Bonchev–Trinajstić information content (AvgIpc) is 3.12. The van der Waals surface area contributed by atoms with Crippen LogP contribution in [-0.4, -0.2) is 15.9 Å². The molecule has 4 aromatic rings. The molecule has 0 radical (unpaired) electrons. The normalized spacial score (nSPS) is 11.0. The first kappa shape index (κ1) is 19.3. The van der Waals surface area contributed by atoms with Gasteiger partial charge in [-0.15, -0.1) is 0 Å². The van der Waals surface area contributed by atoms with E-state index in [2.05, 4.69) is 37.9 Å². The molecule has 0 spiro atoms. The van der Waals surface area contributed by atoms with Gasteiger partial charge in [-0.1, -0.05) is 29.5 Å². The quantitative estimate of drug-likeness (QED) is 0.436. The molecule has 146 valence electrons. The van der Waals surface area contributed by atoms with Gasteiger partial charge in [-0.25, -0.2) is 4.98 Å². The predicted molar refractivity (Wildman–Crippen MR) is 120 cm³/mol. The highest BCUT2D eigenvalue weighted by molar-refractivity contribution is 7.22. The predicted octanol–water partition coefficient (Wildman–Crippen LogP) is 5.77. The number of hydrogen-bond donors (Lipinski definition) is 0. The van der Waals surface area contributed by atoms with Crippen LogP contribution in [0.4, 0.5) is 5.13 Å². The number of rotatable bonds is 4. The van der Waals surface area contributed by atoms with Gasteiger partial charge in [0.05, 0.1) is 16.8 Å². The maximum Gasteiger partial charge on any atom is 0.260 e. The van der Waals surface area contributed by atoms with E-state index in [1.165, 1.54) is 16.7 Å². The topological polar surface area (TPSA) is 46.1 Å². The standard InChI is InChI=1S/C24H23N3OS/c1-15-10-18(4)22-21(11-15)26-24(29-22)27(14-19-6-5-9-25-13-19)23(28)20-8-7-16(2)17(3)12-20/h5-13H,14H2,1-4H3. The van der Waals surface area contributed by atoms with Gasteiger partial charge in [-0.3, -0.25) is 14.7 Å². The minimum atomic E-state index is -0.0506. The van der Waals surface area contributed by atoms with Crippen LogP contribution < -0.4 is 4.90 Å². The first-order chi connectivity index (χ1) is 13.9. The van der Waals surface area contributed by atoms with Crippen molar-refractivity contribution in [2.75, 3.05) is 4.90 Å². The number of aryl methyl sites for hydroxylation is 4. The third kappa shape index (κ3) is 3.91. The van der Waals surface area contributed by atoms with E-state index in [0.717, 1.165) is 21.3 Å². The number of anilines is 1. The van der Waals surface area contributed by atoms with Gasteiger partial charge in [0.2, 0.25) is 0 Å². The van der Waals surface area contributed by atoms with Gasteiger partial charge in [-0.2, -0.15) is 0 Å². The lowest BCUT2D eigenvalue weighted by molar-refractivity contribution is 0.0985. The van der Waals surface area contributed by atoms with Crippen LogP contribution in [-0.2, 0) is 6.54 Å². The van der Waals surface area contributed by atoms with Crippen molar-refractivity contribution >= 4 is 32.6 Å². The number of fused-ring (bicyclic) bond motifs is 1. The number of benzene rings is 2. The third-order valence-electron chi connectivity index (χ3n) is 5.10. The maximum atomic E-state index is 13.5. The Morgan fingerprint density at radius 1 is 1.00 bits per heavy atom. The van der Waals surface area contributed by atoms with Crippen LogP contribution >= 0.6 is 11.3 Å². The Balaban J connectivity index is 1.80. The summed E-state index contributed by atoms with van der Waals surface area (Å²) in [5, 5.41) is 0.709. The van der Waals surface area contributed by atoms with Crippen LogP contribution in [0.15, 0.2) is 54.9 Å². The van der Waals surface area contributed by atoms with Gasteiger partial charge in [0.15, 0.2) is 5.13 Å². The van der Waals surface area contributed by atoms with E-state index in [4.69, 9.17) is 4.98 Å². The number of carbonyl (C=O) groups is 1. The Labute approximate surface area is 174 Å². The Hall–Kier alpha value is -3.05. The second-order valence-corrected chi connectivity index (χ2v) is 8.46. The van der Waals surface area contributed by atoms with Crippen molar-refractivity contribution in [1.82, 2.24) is 9.97 Å². The second-order valence-electron chi connectivity index (χ2n) is 7.48. The van der Waals surface area contributed by atoms with E-state index in [0.29, 0.717) is 17.2 Å². The van der Waals surface area contributed by atoms with E-state index < -0.39 is 0 Å². The van der Waals surface area contributed by atoms with Crippen molar-refractivity contribution in [3.63, 3.8) is 0 Å². The fourth-order valence-corrected chi connectivity index (χ4v) is 4.42. The number of nitrogens with zero attached hydrogens (tertiary/aromatic N) is 3. The molecule has 2 heterocycles. The largest absolute Gasteiger partial charge is 0.279 e. The van der Waals surface area contributed by atoms with Crippen molar-refractivity contribution in [2.24, 2.45) is 0 Å². The first-order valence-electron chi connectivity index (χ1n) is 9.58. The molecule has 1 amide bonds. The zero-order valence-corrected chi connectivity index (χ0v) is 17.9. The van der Waals surface area contributed by atoms with E-state index in [1.807, 2.05) is 37.3 Å². The monoisotopic (exact) mass is 401 g/mol. The van der Waals surface area contributed by atoms with Crippen molar-refractivity contribution in [1.29, 1.82) is 0 Å². The van der Waals surface area contributed by atoms with Gasteiger partial charge >= 0.3 is 0 Å². The Morgan fingerprint density at radius 3 is 2.55 bits per heavy atom. The lowest BCUT2D eigenvalue weighted by Gasteiger charge is -2.20. The minimum absolute atomic E-state index is 0.0506. The molecule has 0 fully saturated rings. The fraction of sp³-hybridized carbons (Fsp3) is 0.208. The summed E-state index contributed by atoms with van der Waals surface area (Å²) in [6, 6.07) is 13.9. The highest BCUT2D eigenvalue weighted by atomic mass is 32.1. The van der Waals surface area contributed by atoms with Gasteiger partial charge in [0.25, 0.3) is 5.91 Å². The molecule has 2 aromatic carbocycles. The second kappa shape index (κ2) is 7.76. The molecule has 29 heavy (non-hydrogen) atoms. The molecule has 0 saturated carbocycles. The Kier molecular flexibility index (Phi) is 5.16. The van der Waals surface area contributed by atoms with E-state index in [-0.39, 0.29) is 5.91 Å². The molecule has 5 heteroatoms. The highest BCUT2D eigenvalue weighted by Gasteiger charge is 2.22. The molecule has 2 aromatic heterocycles. The summed E-state index contributed by atoms with van der Waals surface area (Å²) in [7, 11) is 0. The SMILES string of the molecule is Cc1cc(C)c2sc(N(Cc3cccnc3)C(=O)c3ccc(C)c(C)c3)nc2c1. The van der Waals surface area contributed by atoms with Crippen LogP contribution in [0.25, 0.3) is 10.2 Å². The van der Waals surface area contributed by atoms with Crippen LogP contribution in [0.5, 0.6) is 0 Å². The van der Waals surface area contributed by atoms with E-state index in [1.54, 1.807) is 28.6 Å². The number of amides is 1. The van der Waals surface area contributed by atoms with Gasteiger partial charge in [-0.05, 0) is 79.8 Å². The van der Waals surface area contributed by atoms with E-state index in [9.17, 15) is 4.79 Å². The van der Waals surface area contributed by atoms with Gasteiger partial charge in [0, 0.05) is 18.0 Å². The zero-order chi connectivity index (χ0) is 20.5. The summed E-state index contributed by atoms with van der Waals surface area (Å²) < 4.78 is 1.12. The summed E-state index contributed by atoms with van der Waals surface area (Å²) in [5.74, 6) is -0.0506. The number of thiazole rings is 1. The van der Waals surface area contributed by atoms with Crippen molar-refractivity contribution < 1.29 is 4.79 Å². The smallest absolute Gasteiger partial charge is 0.260 e. The molecular weight excluding hydrogens is 378 g/mol. The minimum Gasteiger partial charge on any atom is -0.279 e. The molecule has 0 aliphatic rings. The Morgan fingerprint density at radius 2 is 1.83 bits per heavy atom. The zero-order valence-electron chi connectivity index (χ0n) is 17.1. The summed E-state index contributed by atoms with van der Waals surface area (Å²) in [5.41, 5.74) is 7.21. The number of hydrogen-bond acceptors (Lipinski definition) is 4. The van der Waals surface area contributed by atoms with Gasteiger partial charge in [0.1, 0.15) is 0 Å². The summed E-state index contributed by atoms with van der Waals surface area (Å²) in [6.07, 6.45) is 3.53.